The van der Waals surface area contributed by atoms with Crippen molar-refractivity contribution in [3.05, 3.63) is 72.1 Å². The lowest BCUT2D eigenvalue weighted by molar-refractivity contribution is -0.119. The lowest BCUT2D eigenvalue weighted by Gasteiger charge is -2.33. The number of nitrogens with zero attached hydrogens (tertiary/aromatic N) is 4. The van der Waals surface area contributed by atoms with E-state index in [0.717, 1.165) is 25.5 Å². The molecule has 0 bridgehead atoms. The maximum atomic E-state index is 14.8. The summed E-state index contributed by atoms with van der Waals surface area (Å²) in [6.07, 6.45) is 3.08. The molecule has 216 valence electrons. The molecule has 0 aliphatic carbocycles. The minimum atomic E-state index is -0.708. The Morgan fingerprint density at radius 2 is 1.78 bits per heavy atom. The fourth-order valence-electron chi connectivity index (χ4n) is 4.38. The first-order valence-electron chi connectivity index (χ1n) is 13.0. The van der Waals surface area contributed by atoms with Crippen molar-refractivity contribution in [1.82, 2.24) is 25.1 Å². The monoisotopic (exact) mass is 583 g/mol. The molecule has 1 aliphatic rings. The molecular formula is C28H31F2N7O3S. The smallest absolute Gasteiger partial charge is 0.323 e. The third-order valence-corrected chi connectivity index (χ3v) is 6.54. The van der Waals surface area contributed by atoms with Gasteiger partial charge in [-0.2, -0.15) is 0 Å². The van der Waals surface area contributed by atoms with E-state index < -0.39 is 17.5 Å². The van der Waals surface area contributed by atoms with E-state index in [1.807, 2.05) is 14.1 Å². The van der Waals surface area contributed by atoms with Crippen molar-refractivity contribution >= 4 is 40.8 Å². The van der Waals surface area contributed by atoms with Gasteiger partial charge >= 0.3 is 6.03 Å². The van der Waals surface area contributed by atoms with E-state index in [0.29, 0.717) is 24.6 Å². The number of likely N-dealkylation sites (tertiary alicyclic amines) is 1. The van der Waals surface area contributed by atoms with Gasteiger partial charge in [0.05, 0.1) is 6.42 Å². The Morgan fingerprint density at radius 3 is 2.46 bits per heavy atom. The molecule has 13 heteroatoms. The van der Waals surface area contributed by atoms with Gasteiger partial charge in [0.25, 0.3) is 0 Å². The quantitative estimate of drug-likeness (QED) is 0.335. The van der Waals surface area contributed by atoms with Crippen LogP contribution >= 0.6 is 12.2 Å². The van der Waals surface area contributed by atoms with Crippen LogP contribution in [-0.2, 0) is 11.2 Å². The fraction of sp³-hybridized carbons (Fsp3) is 0.321. The number of aromatic nitrogens is 2. The zero-order valence-corrected chi connectivity index (χ0v) is 23.5. The van der Waals surface area contributed by atoms with Crippen LogP contribution in [0.25, 0.3) is 0 Å². The molecule has 0 unspecified atom stereocenters. The summed E-state index contributed by atoms with van der Waals surface area (Å²) in [6.45, 7) is 2.31. The van der Waals surface area contributed by atoms with Gasteiger partial charge in [-0.1, -0.05) is 12.1 Å². The van der Waals surface area contributed by atoms with Crippen LogP contribution in [0.2, 0.25) is 0 Å². The first-order chi connectivity index (χ1) is 19.6. The van der Waals surface area contributed by atoms with E-state index in [-0.39, 0.29) is 40.7 Å². The largest absolute Gasteiger partial charge is 0.436 e. The van der Waals surface area contributed by atoms with Crippen LogP contribution in [0.3, 0.4) is 0 Å². The number of carbonyl (C=O) groups excluding carboxylic acids is 2. The highest BCUT2D eigenvalue weighted by Gasteiger charge is 2.23. The summed E-state index contributed by atoms with van der Waals surface area (Å²) < 4.78 is 33.4. The number of carbonyl (C=O) groups is 2. The Hall–Kier alpha value is -4.23. The highest BCUT2D eigenvalue weighted by Crippen LogP contribution is 2.27. The molecule has 0 saturated carbocycles. The Labute approximate surface area is 242 Å². The van der Waals surface area contributed by atoms with Gasteiger partial charge in [-0.15, -0.1) is 0 Å². The van der Waals surface area contributed by atoms with Crippen LogP contribution in [0, 0.1) is 17.6 Å². The molecule has 10 nitrogen and oxygen atoms in total. The summed E-state index contributed by atoms with van der Waals surface area (Å²) in [6, 6.07) is 10.7. The average molecular weight is 584 g/mol. The van der Waals surface area contributed by atoms with Crippen LogP contribution in [0.5, 0.6) is 11.6 Å². The number of ether oxygens (including phenoxy) is 1. The van der Waals surface area contributed by atoms with Crippen molar-refractivity contribution in [2.45, 2.75) is 19.3 Å². The summed E-state index contributed by atoms with van der Waals surface area (Å²) in [5.41, 5.74) is 0.902. The van der Waals surface area contributed by atoms with Gasteiger partial charge in [0.1, 0.15) is 18.0 Å². The number of hydrogen-bond acceptors (Lipinski definition) is 7. The number of rotatable bonds is 8. The van der Waals surface area contributed by atoms with Crippen LogP contribution in [-0.4, -0.2) is 70.5 Å². The number of anilines is 2. The molecular weight excluding hydrogens is 552 g/mol. The van der Waals surface area contributed by atoms with Crippen molar-refractivity contribution in [2.24, 2.45) is 5.92 Å². The lowest BCUT2D eigenvalue weighted by atomic mass is 9.97. The lowest BCUT2D eigenvalue weighted by Crippen LogP contribution is -2.42. The van der Waals surface area contributed by atoms with Gasteiger partial charge in [-0.05, 0) is 74.9 Å². The van der Waals surface area contributed by atoms with Gasteiger partial charge in [-0.25, -0.2) is 23.5 Å². The molecule has 2 heterocycles. The summed E-state index contributed by atoms with van der Waals surface area (Å²) in [5.74, 6) is -0.781. The maximum absolute atomic E-state index is 14.8. The zero-order valence-electron chi connectivity index (χ0n) is 22.7. The number of halogens is 2. The molecule has 0 radical (unpaired) electrons. The number of urea groups is 1. The molecule has 1 fully saturated rings. The zero-order chi connectivity index (χ0) is 29.4. The van der Waals surface area contributed by atoms with E-state index in [1.54, 1.807) is 4.90 Å². The molecule has 1 aromatic heterocycles. The second kappa shape index (κ2) is 13.9. The summed E-state index contributed by atoms with van der Waals surface area (Å²) >= 11 is 5.13. The van der Waals surface area contributed by atoms with Gasteiger partial charge in [0, 0.05) is 37.5 Å². The second-order valence-electron chi connectivity index (χ2n) is 9.92. The van der Waals surface area contributed by atoms with Crippen LogP contribution in [0.1, 0.15) is 18.4 Å². The summed E-state index contributed by atoms with van der Waals surface area (Å²) in [5, 5.41) is 7.96. The molecule has 0 atom stereocenters. The molecule has 1 aliphatic heterocycles. The number of nitrogens with one attached hydrogen (secondary N) is 3. The van der Waals surface area contributed by atoms with E-state index in [2.05, 4.69) is 30.8 Å². The van der Waals surface area contributed by atoms with Crippen molar-refractivity contribution in [2.75, 3.05) is 44.4 Å². The highest BCUT2D eigenvalue weighted by molar-refractivity contribution is 7.80. The molecule has 3 amide bonds. The maximum Gasteiger partial charge on any atom is 0.323 e. The van der Waals surface area contributed by atoms with Crippen molar-refractivity contribution in [1.29, 1.82) is 0 Å². The van der Waals surface area contributed by atoms with Crippen molar-refractivity contribution < 1.29 is 23.1 Å². The minimum Gasteiger partial charge on any atom is -0.436 e. The predicted molar refractivity (Wildman–Crippen MR) is 155 cm³/mol. The Balaban J connectivity index is 1.28. The number of thiocarbonyl (C=S) groups is 1. The second-order valence-corrected chi connectivity index (χ2v) is 10.3. The Kier molecular flexibility index (Phi) is 10.1. The van der Waals surface area contributed by atoms with Crippen LogP contribution < -0.4 is 20.7 Å². The van der Waals surface area contributed by atoms with E-state index in [9.17, 15) is 18.4 Å². The minimum absolute atomic E-state index is 0.000114. The van der Waals surface area contributed by atoms with E-state index in [4.69, 9.17) is 17.0 Å². The number of benzene rings is 2. The first kappa shape index (κ1) is 29.7. The molecule has 2 aromatic carbocycles. The number of piperidine rings is 1. The predicted octanol–water partition coefficient (Wildman–Crippen LogP) is 4.41. The topological polar surface area (TPSA) is 112 Å². The van der Waals surface area contributed by atoms with Gasteiger partial charge in [0.15, 0.2) is 16.7 Å². The first-order valence-corrected chi connectivity index (χ1v) is 13.4. The molecule has 4 rings (SSSR count). The fourth-order valence-corrected chi connectivity index (χ4v) is 4.61. The van der Waals surface area contributed by atoms with Gasteiger partial charge in [-0.3, -0.25) is 10.1 Å². The summed E-state index contributed by atoms with van der Waals surface area (Å²) in [7, 11) is 4.09. The van der Waals surface area contributed by atoms with Crippen LogP contribution in [0.15, 0.2) is 54.9 Å². The molecule has 41 heavy (non-hydrogen) atoms. The number of amides is 3. The normalized spacial score (nSPS) is 13.5. The Morgan fingerprint density at radius 1 is 1.05 bits per heavy atom. The van der Waals surface area contributed by atoms with Gasteiger partial charge in [0.2, 0.25) is 11.8 Å². The average Bonchev–Trinajstić information content (AvgIpc) is 2.92. The third-order valence-electron chi connectivity index (χ3n) is 6.34. The standard InChI is InChI=1S/C28H31F2N7O3S/c1-36(2)16-19-9-11-37(12-10-19)28(39)34-24-15-26(32-17-31-24)40-23-8-7-21(14-22(23)30)33-27(41)35-25(38)13-18-3-5-20(29)6-4-18/h3-8,14-15,17,19H,9-13,16H2,1-2H3,(H,31,32,34,39)(H2,33,35,38,41). The van der Waals surface area contributed by atoms with Crippen molar-refractivity contribution in [3.63, 3.8) is 0 Å². The molecule has 3 N–H and O–H groups in total. The molecule has 3 aromatic rings. The molecule has 0 spiro atoms. The molecule has 1 saturated heterocycles. The van der Waals surface area contributed by atoms with Crippen LogP contribution in [0.4, 0.5) is 25.1 Å². The van der Waals surface area contributed by atoms with Gasteiger partial charge < -0.3 is 25.2 Å². The summed E-state index contributed by atoms with van der Waals surface area (Å²) in [4.78, 5) is 36.9. The third kappa shape index (κ3) is 9.15. The number of hydrogen-bond donors (Lipinski definition) is 3. The van der Waals surface area contributed by atoms with E-state index >= 15 is 0 Å². The Bertz CT molecular complexity index is 1380. The highest BCUT2D eigenvalue weighted by atomic mass is 32.1. The van der Waals surface area contributed by atoms with E-state index in [1.165, 1.54) is 48.8 Å². The SMILES string of the molecule is CN(C)CC1CCN(C(=O)Nc2cc(Oc3ccc(NC(=S)NC(=O)Cc4ccc(F)cc4)cc3F)ncn2)CC1. The van der Waals surface area contributed by atoms with Crippen molar-refractivity contribution in [3.8, 4) is 11.6 Å².